The van der Waals surface area contributed by atoms with Gasteiger partial charge in [0.05, 0.1) is 18.2 Å². The molecule has 1 spiro atoms. The predicted molar refractivity (Wildman–Crippen MR) is 87.5 cm³/mol. The van der Waals surface area contributed by atoms with Crippen molar-refractivity contribution in [2.45, 2.75) is 57.2 Å². The molecule has 1 amide bonds. The van der Waals surface area contributed by atoms with Gasteiger partial charge in [-0.15, -0.1) is 0 Å². The number of ether oxygens (including phenoxy) is 1. The van der Waals surface area contributed by atoms with E-state index in [0.29, 0.717) is 18.4 Å². The number of nitrogens with zero attached hydrogens (tertiary/aromatic N) is 1. The highest BCUT2D eigenvalue weighted by atomic mass is 16.5. The number of carboxylic acids is 1. The van der Waals surface area contributed by atoms with Gasteiger partial charge in [-0.25, -0.2) is 0 Å². The van der Waals surface area contributed by atoms with Crippen molar-refractivity contribution in [1.82, 2.24) is 10.2 Å². The number of carbonyl (C=O) groups excluding carboxylic acids is 1. The number of fused-ring (bicyclic) bond motifs is 1. The normalized spacial score (nSPS) is 40.0. The molecule has 1 saturated carbocycles. The first-order valence-electron chi connectivity index (χ1n) is 9.32. The van der Waals surface area contributed by atoms with Crippen molar-refractivity contribution in [3.05, 3.63) is 0 Å². The summed E-state index contributed by atoms with van der Waals surface area (Å²) in [5, 5.41) is 12.3. The third-order valence-corrected chi connectivity index (χ3v) is 6.97. The Balaban J connectivity index is 1.39. The van der Waals surface area contributed by atoms with E-state index in [1.54, 1.807) is 0 Å². The minimum absolute atomic E-state index is 0.0867. The largest absolute Gasteiger partial charge is 0.480 e. The van der Waals surface area contributed by atoms with E-state index in [1.807, 2.05) is 4.90 Å². The van der Waals surface area contributed by atoms with Crippen molar-refractivity contribution in [3.8, 4) is 0 Å². The summed E-state index contributed by atoms with van der Waals surface area (Å²) in [7, 11) is 0. The third-order valence-electron chi connectivity index (χ3n) is 6.97. The molecule has 0 aromatic heterocycles. The van der Waals surface area contributed by atoms with Gasteiger partial charge in [-0.3, -0.25) is 14.5 Å². The number of carbonyl (C=O) groups is 2. The maximum Gasteiger partial charge on any atom is 0.317 e. The minimum atomic E-state index is -0.778. The van der Waals surface area contributed by atoms with Gasteiger partial charge in [0.1, 0.15) is 0 Å². The molecule has 24 heavy (non-hydrogen) atoms. The van der Waals surface area contributed by atoms with Crippen molar-refractivity contribution in [2.24, 2.45) is 17.3 Å². The Morgan fingerprint density at radius 2 is 2.04 bits per heavy atom. The number of aliphatic carboxylic acids is 1. The lowest BCUT2D eigenvalue weighted by atomic mass is 9.73. The van der Waals surface area contributed by atoms with Crippen LogP contribution in [0.4, 0.5) is 0 Å². The minimum Gasteiger partial charge on any atom is -0.480 e. The van der Waals surface area contributed by atoms with Crippen LogP contribution in [0.2, 0.25) is 0 Å². The van der Waals surface area contributed by atoms with Crippen LogP contribution < -0.4 is 5.32 Å². The van der Waals surface area contributed by atoms with E-state index in [0.717, 1.165) is 51.6 Å². The molecule has 0 unspecified atom stereocenters. The topological polar surface area (TPSA) is 78.9 Å². The highest BCUT2D eigenvalue weighted by molar-refractivity contribution is 5.82. The van der Waals surface area contributed by atoms with Crippen LogP contribution in [0.25, 0.3) is 0 Å². The van der Waals surface area contributed by atoms with E-state index >= 15 is 0 Å². The Kier molecular flexibility index (Phi) is 3.88. The van der Waals surface area contributed by atoms with Crippen LogP contribution in [0.1, 0.15) is 45.4 Å². The first-order chi connectivity index (χ1) is 11.4. The monoisotopic (exact) mass is 336 g/mol. The Hall–Kier alpha value is -1.14. The van der Waals surface area contributed by atoms with Gasteiger partial charge in [-0.2, -0.15) is 0 Å². The Morgan fingerprint density at radius 3 is 2.75 bits per heavy atom. The van der Waals surface area contributed by atoms with E-state index in [1.165, 1.54) is 0 Å². The van der Waals surface area contributed by atoms with Crippen molar-refractivity contribution >= 4 is 11.9 Å². The van der Waals surface area contributed by atoms with Crippen LogP contribution in [0.5, 0.6) is 0 Å². The molecule has 4 rings (SSSR count). The average molecular weight is 336 g/mol. The van der Waals surface area contributed by atoms with Crippen LogP contribution in [-0.2, 0) is 14.3 Å². The molecule has 0 radical (unpaired) electrons. The molecule has 4 aliphatic rings. The van der Waals surface area contributed by atoms with Gasteiger partial charge in [0.25, 0.3) is 0 Å². The third kappa shape index (κ3) is 2.54. The van der Waals surface area contributed by atoms with Gasteiger partial charge in [-0.1, -0.05) is 19.8 Å². The number of carboxylic acid groups (broad SMARTS) is 1. The second-order valence-corrected chi connectivity index (χ2v) is 8.57. The van der Waals surface area contributed by atoms with Gasteiger partial charge in [0.2, 0.25) is 5.91 Å². The molecule has 2 N–H and O–H groups in total. The molecule has 4 fully saturated rings. The number of hydrogen-bond donors (Lipinski definition) is 2. The zero-order chi connectivity index (χ0) is 16.9. The van der Waals surface area contributed by atoms with Crippen molar-refractivity contribution in [2.75, 3.05) is 26.2 Å². The number of likely N-dealkylation sites (tertiary alicyclic amines) is 1. The molecule has 3 aliphatic heterocycles. The number of hydrogen-bond acceptors (Lipinski definition) is 4. The summed E-state index contributed by atoms with van der Waals surface area (Å²) in [6.45, 7) is 4.34. The zero-order valence-corrected chi connectivity index (χ0v) is 14.4. The predicted octanol–water partition coefficient (Wildman–Crippen LogP) is 1.25. The highest BCUT2D eigenvalue weighted by Crippen LogP contribution is 2.54. The molecule has 3 heterocycles. The van der Waals surface area contributed by atoms with Gasteiger partial charge in [0, 0.05) is 36.9 Å². The number of amides is 1. The molecular weight excluding hydrogens is 308 g/mol. The summed E-state index contributed by atoms with van der Waals surface area (Å²) in [4.78, 5) is 25.6. The second kappa shape index (κ2) is 5.70. The second-order valence-electron chi connectivity index (χ2n) is 8.57. The summed E-state index contributed by atoms with van der Waals surface area (Å²) in [5.74, 6) is 0.0935. The SMILES string of the molecule is CC1(C(=O)NC[C@H]2[C@H]3CN(CC(=O)O)C[C@]34CC[C@H]2O4)CCCC1. The summed E-state index contributed by atoms with van der Waals surface area (Å²) in [6.07, 6.45) is 6.57. The van der Waals surface area contributed by atoms with E-state index in [2.05, 4.69) is 12.2 Å². The molecule has 0 aromatic rings. The number of rotatable bonds is 5. The molecule has 3 saturated heterocycles. The quantitative estimate of drug-likeness (QED) is 0.790. The fourth-order valence-corrected chi connectivity index (χ4v) is 5.68. The van der Waals surface area contributed by atoms with Gasteiger partial charge in [0.15, 0.2) is 0 Å². The summed E-state index contributed by atoms with van der Waals surface area (Å²) in [6, 6.07) is 0. The van der Waals surface area contributed by atoms with Crippen LogP contribution in [-0.4, -0.2) is 59.8 Å². The lowest BCUT2D eigenvalue weighted by molar-refractivity contribution is -0.138. The van der Waals surface area contributed by atoms with E-state index in [9.17, 15) is 9.59 Å². The van der Waals surface area contributed by atoms with Crippen LogP contribution >= 0.6 is 0 Å². The molecule has 2 bridgehead atoms. The Bertz CT molecular complexity index is 545. The molecule has 134 valence electrons. The van der Waals surface area contributed by atoms with Crippen molar-refractivity contribution in [1.29, 1.82) is 0 Å². The standard InChI is InChI=1S/C18H28N2O4/c1-17(5-2-3-6-17)16(23)19-8-12-13-9-20(10-15(21)22)11-18(13)7-4-14(12)24-18/h12-14H,2-11H2,1H3,(H,19,23)(H,21,22)/t12-,13+,14+,18+/m0/s1. The fourth-order valence-electron chi connectivity index (χ4n) is 5.68. The fraction of sp³-hybridized carbons (Fsp3) is 0.889. The molecule has 6 nitrogen and oxygen atoms in total. The van der Waals surface area contributed by atoms with Gasteiger partial charge in [-0.05, 0) is 25.7 Å². The van der Waals surface area contributed by atoms with Gasteiger partial charge < -0.3 is 15.2 Å². The number of nitrogens with one attached hydrogen (secondary N) is 1. The van der Waals surface area contributed by atoms with Gasteiger partial charge >= 0.3 is 5.97 Å². The molecule has 6 heteroatoms. The first kappa shape index (κ1) is 16.3. The maximum absolute atomic E-state index is 12.6. The van der Waals surface area contributed by atoms with E-state index < -0.39 is 5.97 Å². The van der Waals surface area contributed by atoms with E-state index in [-0.39, 0.29) is 29.6 Å². The van der Waals surface area contributed by atoms with Crippen molar-refractivity contribution < 1.29 is 19.4 Å². The smallest absolute Gasteiger partial charge is 0.317 e. The van der Waals surface area contributed by atoms with Crippen molar-refractivity contribution in [3.63, 3.8) is 0 Å². The Morgan fingerprint density at radius 1 is 1.29 bits per heavy atom. The molecule has 4 atom stereocenters. The molecule has 1 aliphatic carbocycles. The molecular formula is C18H28N2O4. The maximum atomic E-state index is 12.6. The lowest BCUT2D eigenvalue weighted by Gasteiger charge is -2.31. The Labute approximate surface area is 142 Å². The van der Waals surface area contributed by atoms with E-state index in [4.69, 9.17) is 9.84 Å². The lowest BCUT2D eigenvalue weighted by Crippen LogP contribution is -2.45. The summed E-state index contributed by atoms with van der Waals surface area (Å²) >= 11 is 0. The van der Waals surface area contributed by atoms with Crippen LogP contribution in [0.3, 0.4) is 0 Å². The first-order valence-corrected chi connectivity index (χ1v) is 9.32. The summed E-state index contributed by atoms with van der Waals surface area (Å²) < 4.78 is 6.31. The highest BCUT2D eigenvalue weighted by Gasteiger charge is 2.62. The summed E-state index contributed by atoms with van der Waals surface area (Å²) in [5.41, 5.74) is -0.353. The molecule has 0 aromatic carbocycles. The van der Waals surface area contributed by atoms with Crippen LogP contribution in [0.15, 0.2) is 0 Å². The van der Waals surface area contributed by atoms with Crippen LogP contribution in [0, 0.1) is 17.3 Å². The average Bonchev–Trinajstić information content (AvgIpc) is 3.24. The zero-order valence-electron chi connectivity index (χ0n) is 14.4.